The van der Waals surface area contributed by atoms with Crippen LogP contribution in [0.25, 0.3) is 0 Å². The first-order chi connectivity index (χ1) is 10.0. The average Bonchev–Trinajstić information content (AvgIpc) is 2.37. The van der Waals surface area contributed by atoms with E-state index in [1.807, 2.05) is 6.92 Å². The molecular weight excluding hydrogens is 258 g/mol. The molecule has 0 aliphatic heterocycles. The molecule has 0 bridgehead atoms. The quantitative estimate of drug-likeness (QED) is 0.926. The molecule has 21 heavy (non-hydrogen) atoms. The van der Waals surface area contributed by atoms with Crippen LogP contribution in [0, 0.1) is 6.92 Å². The number of rotatable bonds is 3. The van der Waals surface area contributed by atoms with Crippen LogP contribution in [-0.4, -0.2) is 9.97 Å². The van der Waals surface area contributed by atoms with E-state index >= 15 is 0 Å². The fourth-order valence-electron chi connectivity index (χ4n) is 3.46. The SMILES string of the molecule is Cc1nc(C2(c3ccccc3)CCC2)nc(N)c1C(C)C. The number of aromatic nitrogens is 2. The number of benzene rings is 1. The molecule has 1 aliphatic carbocycles. The summed E-state index contributed by atoms with van der Waals surface area (Å²) in [4.78, 5) is 9.53. The van der Waals surface area contributed by atoms with E-state index in [2.05, 4.69) is 44.2 Å². The number of aryl methyl sites for hydroxylation is 1. The van der Waals surface area contributed by atoms with Gasteiger partial charge in [0, 0.05) is 11.3 Å². The molecule has 0 radical (unpaired) electrons. The van der Waals surface area contributed by atoms with Crippen molar-refractivity contribution in [1.82, 2.24) is 9.97 Å². The molecule has 2 N–H and O–H groups in total. The Morgan fingerprint density at radius 3 is 2.24 bits per heavy atom. The van der Waals surface area contributed by atoms with Gasteiger partial charge in [0.1, 0.15) is 11.6 Å². The third-order valence-corrected chi connectivity index (χ3v) is 4.70. The Hall–Kier alpha value is -1.90. The highest BCUT2D eigenvalue weighted by Crippen LogP contribution is 2.48. The zero-order chi connectivity index (χ0) is 15.0. The summed E-state index contributed by atoms with van der Waals surface area (Å²) in [5.41, 5.74) is 9.61. The molecule has 1 aromatic carbocycles. The van der Waals surface area contributed by atoms with Crippen molar-refractivity contribution in [3.05, 3.63) is 53.0 Å². The second kappa shape index (κ2) is 5.14. The smallest absolute Gasteiger partial charge is 0.141 e. The van der Waals surface area contributed by atoms with Gasteiger partial charge in [-0.3, -0.25) is 0 Å². The van der Waals surface area contributed by atoms with Crippen molar-refractivity contribution in [2.75, 3.05) is 5.73 Å². The molecule has 1 heterocycles. The van der Waals surface area contributed by atoms with Crippen molar-refractivity contribution < 1.29 is 0 Å². The zero-order valence-electron chi connectivity index (χ0n) is 13.1. The Balaban J connectivity index is 2.11. The van der Waals surface area contributed by atoms with Crippen LogP contribution in [0.4, 0.5) is 5.82 Å². The summed E-state index contributed by atoms with van der Waals surface area (Å²) in [6.45, 7) is 6.32. The first-order valence-electron chi connectivity index (χ1n) is 7.74. The third kappa shape index (κ3) is 2.21. The molecule has 3 rings (SSSR count). The highest BCUT2D eigenvalue weighted by molar-refractivity contribution is 5.47. The predicted octanol–water partition coefficient (Wildman–Crippen LogP) is 3.96. The minimum atomic E-state index is -0.0321. The summed E-state index contributed by atoms with van der Waals surface area (Å²) in [7, 11) is 0. The summed E-state index contributed by atoms with van der Waals surface area (Å²) in [6, 6.07) is 10.6. The van der Waals surface area contributed by atoms with Crippen LogP contribution in [0.2, 0.25) is 0 Å². The molecule has 0 unspecified atom stereocenters. The van der Waals surface area contributed by atoms with E-state index < -0.39 is 0 Å². The lowest BCUT2D eigenvalue weighted by Crippen LogP contribution is -2.38. The van der Waals surface area contributed by atoms with Crippen LogP contribution in [0.15, 0.2) is 30.3 Å². The number of hydrogen-bond acceptors (Lipinski definition) is 3. The van der Waals surface area contributed by atoms with Crippen molar-refractivity contribution >= 4 is 5.82 Å². The Kier molecular flexibility index (Phi) is 3.44. The monoisotopic (exact) mass is 281 g/mol. The molecule has 3 heteroatoms. The molecule has 2 aromatic rings. The van der Waals surface area contributed by atoms with Gasteiger partial charge in [-0.05, 0) is 31.2 Å². The minimum absolute atomic E-state index is 0.0321. The number of nitrogens with zero attached hydrogens (tertiary/aromatic N) is 2. The minimum Gasteiger partial charge on any atom is -0.383 e. The molecule has 1 saturated carbocycles. The normalized spacial score (nSPS) is 16.8. The fourth-order valence-corrected chi connectivity index (χ4v) is 3.46. The summed E-state index contributed by atoms with van der Waals surface area (Å²) in [6.07, 6.45) is 3.44. The average molecular weight is 281 g/mol. The van der Waals surface area contributed by atoms with E-state index in [1.54, 1.807) is 0 Å². The highest BCUT2D eigenvalue weighted by atomic mass is 15.0. The molecule has 3 nitrogen and oxygen atoms in total. The van der Waals surface area contributed by atoms with Gasteiger partial charge in [0.2, 0.25) is 0 Å². The van der Waals surface area contributed by atoms with Crippen LogP contribution in [0.5, 0.6) is 0 Å². The van der Waals surface area contributed by atoms with Gasteiger partial charge in [0.05, 0.1) is 5.41 Å². The maximum atomic E-state index is 6.23. The lowest BCUT2D eigenvalue weighted by molar-refractivity contribution is 0.284. The van der Waals surface area contributed by atoms with Gasteiger partial charge in [-0.25, -0.2) is 9.97 Å². The largest absolute Gasteiger partial charge is 0.383 e. The van der Waals surface area contributed by atoms with E-state index in [1.165, 1.54) is 12.0 Å². The van der Waals surface area contributed by atoms with Gasteiger partial charge in [-0.1, -0.05) is 50.6 Å². The van der Waals surface area contributed by atoms with Gasteiger partial charge >= 0.3 is 0 Å². The first kappa shape index (κ1) is 14.1. The summed E-state index contributed by atoms with van der Waals surface area (Å²) in [5.74, 6) is 1.90. The molecule has 1 aromatic heterocycles. The van der Waals surface area contributed by atoms with Crippen LogP contribution in [0.1, 0.15) is 61.7 Å². The number of anilines is 1. The third-order valence-electron chi connectivity index (χ3n) is 4.70. The zero-order valence-corrected chi connectivity index (χ0v) is 13.1. The Morgan fingerprint density at radius 2 is 1.76 bits per heavy atom. The molecule has 0 amide bonds. The standard InChI is InChI=1S/C18H23N3/c1-12(2)15-13(3)20-17(21-16(15)19)18(10-7-11-18)14-8-5-4-6-9-14/h4-6,8-9,12H,7,10-11H2,1-3H3,(H2,19,20,21). The predicted molar refractivity (Wildman–Crippen MR) is 86.3 cm³/mol. The van der Waals surface area contributed by atoms with Gasteiger partial charge in [0.25, 0.3) is 0 Å². The van der Waals surface area contributed by atoms with E-state index in [9.17, 15) is 0 Å². The maximum Gasteiger partial charge on any atom is 0.141 e. The van der Waals surface area contributed by atoms with Gasteiger partial charge in [-0.2, -0.15) is 0 Å². The molecule has 0 atom stereocenters. The Morgan fingerprint density at radius 1 is 1.10 bits per heavy atom. The van der Waals surface area contributed by atoms with E-state index in [0.717, 1.165) is 29.9 Å². The van der Waals surface area contributed by atoms with Crippen LogP contribution >= 0.6 is 0 Å². The second-order valence-corrected chi connectivity index (χ2v) is 6.39. The van der Waals surface area contributed by atoms with Crippen molar-refractivity contribution in [3.63, 3.8) is 0 Å². The molecule has 1 aliphatic rings. The molecular formula is C18H23N3. The summed E-state index contributed by atoms with van der Waals surface area (Å²) < 4.78 is 0. The number of hydrogen-bond donors (Lipinski definition) is 1. The van der Waals surface area contributed by atoms with Gasteiger partial charge < -0.3 is 5.73 Å². The van der Waals surface area contributed by atoms with Crippen molar-refractivity contribution in [3.8, 4) is 0 Å². The van der Waals surface area contributed by atoms with Crippen LogP contribution in [0.3, 0.4) is 0 Å². The first-order valence-corrected chi connectivity index (χ1v) is 7.74. The lowest BCUT2D eigenvalue weighted by Gasteiger charge is -2.41. The topological polar surface area (TPSA) is 51.8 Å². The second-order valence-electron chi connectivity index (χ2n) is 6.39. The van der Waals surface area contributed by atoms with E-state index in [-0.39, 0.29) is 5.41 Å². The van der Waals surface area contributed by atoms with Gasteiger partial charge in [-0.15, -0.1) is 0 Å². The fraction of sp³-hybridized carbons (Fsp3) is 0.444. The number of nitrogens with two attached hydrogens (primary N) is 1. The van der Waals surface area contributed by atoms with Crippen molar-refractivity contribution in [2.45, 2.75) is 51.4 Å². The van der Waals surface area contributed by atoms with Crippen LogP contribution in [-0.2, 0) is 5.41 Å². The van der Waals surface area contributed by atoms with Gasteiger partial charge in [0.15, 0.2) is 0 Å². The van der Waals surface area contributed by atoms with E-state index in [4.69, 9.17) is 15.7 Å². The summed E-state index contributed by atoms with van der Waals surface area (Å²) in [5, 5.41) is 0. The molecule has 110 valence electrons. The van der Waals surface area contributed by atoms with E-state index in [0.29, 0.717) is 11.7 Å². The summed E-state index contributed by atoms with van der Waals surface area (Å²) >= 11 is 0. The Bertz CT molecular complexity index is 620. The van der Waals surface area contributed by atoms with Crippen LogP contribution < -0.4 is 5.73 Å². The maximum absolute atomic E-state index is 6.23. The highest BCUT2D eigenvalue weighted by Gasteiger charge is 2.43. The van der Waals surface area contributed by atoms with Crippen molar-refractivity contribution in [2.24, 2.45) is 0 Å². The molecule has 0 saturated heterocycles. The molecule has 1 fully saturated rings. The molecule has 0 spiro atoms. The lowest BCUT2D eigenvalue weighted by atomic mass is 9.63. The van der Waals surface area contributed by atoms with Crippen molar-refractivity contribution in [1.29, 1.82) is 0 Å². The Labute approximate surface area is 126 Å². The number of nitrogen functional groups attached to an aromatic ring is 1.